The van der Waals surface area contributed by atoms with E-state index < -0.39 is 0 Å². The normalized spacial score (nSPS) is 12.2. The minimum Gasteiger partial charge on any atom is -0.490 e. The third-order valence-corrected chi connectivity index (χ3v) is 3.63. The van der Waals surface area contributed by atoms with Gasteiger partial charge in [0.25, 0.3) is 0 Å². The zero-order valence-electron chi connectivity index (χ0n) is 13.1. The van der Waals surface area contributed by atoms with Crippen LogP contribution in [0.25, 0.3) is 0 Å². The first-order valence-electron chi connectivity index (χ1n) is 7.10. The average molecular weight is 481 g/mol. The second-order valence-corrected chi connectivity index (χ2v) is 5.68. The van der Waals surface area contributed by atoms with Gasteiger partial charge in [-0.3, -0.25) is 4.98 Å². The molecule has 0 amide bonds. The van der Waals surface area contributed by atoms with Crippen LogP contribution >= 0.6 is 47.2 Å². The number of nitrogens with one attached hydrogen (secondary N) is 1. The van der Waals surface area contributed by atoms with Gasteiger partial charge in [-0.2, -0.15) is 0 Å². The molecule has 0 aliphatic heterocycles. The number of benzene rings is 1. The van der Waals surface area contributed by atoms with E-state index in [2.05, 4.69) is 15.3 Å². The lowest BCUT2D eigenvalue weighted by molar-refractivity contribution is 0.327. The van der Waals surface area contributed by atoms with Gasteiger partial charge in [-0.15, -0.1) is 24.0 Å². The van der Waals surface area contributed by atoms with Crippen molar-refractivity contribution in [3.63, 3.8) is 0 Å². The third-order valence-electron chi connectivity index (χ3n) is 3.07. The molecular formula is C16H19Cl2IN4O. The van der Waals surface area contributed by atoms with Crippen LogP contribution in [0.1, 0.15) is 18.5 Å². The van der Waals surface area contributed by atoms with E-state index in [1.54, 1.807) is 24.5 Å². The number of hydrogen-bond donors (Lipinski definition) is 2. The topological polar surface area (TPSA) is 72.5 Å². The van der Waals surface area contributed by atoms with E-state index >= 15 is 0 Å². The number of guanidine groups is 1. The van der Waals surface area contributed by atoms with E-state index in [9.17, 15) is 0 Å². The van der Waals surface area contributed by atoms with Crippen LogP contribution in [-0.4, -0.2) is 24.1 Å². The highest BCUT2D eigenvalue weighted by Crippen LogP contribution is 2.25. The number of aromatic nitrogens is 1. The van der Waals surface area contributed by atoms with Gasteiger partial charge < -0.3 is 15.8 Å². The summed E-state index contributed by atoms with van der Waals surface area (Å²) < 4.78 is 5.49. The van der Waals surface area contributed by atoms with Gasteiger partial charge in [0, 0.05) is 16.2 Å². The van der Waals surface area contributed by atoms with Crippen molar-refractivity contribution in [1.82, 2.24) is 10.3 Å². The number of rotatable bonds is 6. The minimum absolute atomic E-state index is 0. The number of ether oxygens (including phenoxy) is 1. The zero-order chi connectivity index (χ0) is 16.7. The number of halogens is 3. The molecule has 3 N–H and O–H groups in total. The molecule has 130 valence electrons. The van der Waals surface area contributed by atoms with Crippen molar-refractivity contribution >= 4 is 53.1 Å². The molecule has 1 aromatic heterocycles. The van der Waals surface area contributed by atoms with E-state index in [1.807, 2.05) is 25.1 Å². The van der Waals surface area contributed by atoms with E-state index in [0.717, 1.165) is 5.56 Å². The highest BCUT2D eigenvalue weighted by Gasteiger charge is 2.10. The van der Waals surface area contributed by atoms with Crippen LogP contribution in [0.3, 0.4) is 0 Å². The maximum atomic E-state index is 6.17. The van der Waals surface area contributed by atoms with Gasteiger partial charge in [0.15, 0.2) is 5.96 Å². The summed E-state index contributed by atoms with van der Waals surface area (Å²) in [7, 11) is 0. The SMILES string of the molecule is CC(NC(N)=NCCOc1cccnc1)c1ccc(Cl)cc1Cl.I. The summed E-state index contributed by atoms with van der Waals surface area (Å²) in [4.78, 5) is 8.19. The van der Waals surface area contributed by atoms with Crippen LogP contribution in [0.5, 0.6) is 5.75 Å². The van der Waals surface area contributed by atoms with E-state index in [0.29, 0.717) is 34.9 Å². The summed E-state index contributed by atoms with van der Waals surface area (Å²) >= 11 is 12.1. The number of pyridine rings is 1. The maximum absolute atomic E-state index is 6.17. The minimum atomic E-state index is -0.0808. The second kappa shape index (κ2) is 10.6. The average Bonchev–Trinajstić information content (AvgIpc) is 2.52. The van der Waals surface area contributed by atoms with Gasteiger partial charge in [0.2, 0.25) is 0 Å². The molecule has 0 aliphatic carbocycles. The lowest BCUT2D eigenvalue weighted by Gasteiger charge is -2.16. The summed E-state index contributed by atoms with van der Waals surface area (Å²) in [5.74, 6) is 1.04. The fraction of sp³-hybridized carbons (Fsp3) is 0.250. The molecule has 1 unspecified atom stereocenters. The molecule has 8 heteroatoms. The Morgan fingerprint density at radius 1 is 1.38 bits per heavy atom. The van der Waals surface area contributed by atoms with Gasteiger partial charge >= 0.3 is 0 Å². The molecule has 0 aliphatic rings. The van der Waals surface area contributed by atoms with Crippen LogP contribution in [0.4, 0.5) is 0 Å². The quantitative estimate of drug-likeness (QED) is 0.283. The smallest absolute Gasteiger partial charge is 0.189 e. The number of nitrogens with two attached hydrogens (primary N) is 1. The fourth-order valence-electron chi connectivity index (χ4n) is 1.96. The monoisotopic (exact) mass is 480 g/mol. The molecule has 1 aromatic carbocycles. The summed E-state index contributed by atoms with van der Waals surface area (Å²) in [6.07, 6.45) is 3.34. The van der Waals surface area contributed by atoms with Crippen LogP contribution in [-0.2, 0) is 0 Å². The first kappa shape index (κ1) is 20.8. The Hall–Kier alpha value is -1.25. The van der Waals surface area contributed by atoms with Gasteiger partial charge in [-0.25, -0.2) is 4.99 Å². The van der Waals surface area contributed by atoms with Gasteiger partial charge in [-0.1, -0.05) is 29.3 Å². The van der Waals surface area contributed by atoms with Crippen molar-refractivity contribution in [2.45, 2.75) is 13.0 Å². The van der Waals surface area contributed by atoms with Crippen molar-refractivity contribution in [3.05, 3.63) is 58.3 Å². The molecule has 0 spiro atoms. The molecule has 0 bridgehead atoms. The Morgan fingerprint density at radius 3 is 2.83 bits per heavy atom. The van der Waals surface area contributed by atoms with Gasteiger partial charge in [-0.05, 0) is 36.8 Å². The zero-order valence-corrected chi connectivity index (χ0v) is 16.9. The first-order valence-corrected chi connectivity index (χ1v) is 7.86. The highest BCUT2D eigenvalue weighted by molar-refractivity contribution is 14.0. The van der Waals surface area contributed by atoms with Crippen molar-refractivity contribution < 1.29 is 4.74 Å². The Labute approximate surface area is 168 Å². The fourth-order valence-corrected chi connectivity index (χ4v) is 2.53. The molecule has 1 heterocycles. The van der Waals surface area contributed by atoms with Crippen molar-refractivity contribution in [1.29, 1.82) is 0 Å². The van der Waals surface area contributed by atoms with Crippen molar-refractivity contribution in [2.24, 2.45) is 10.7 Å². The molecule has 5 nitrogen and oxygen atoms in total. The highest BCUT2D eigenvalue weighted by atomic mass is 127. The molecule has 0 saturated carbocycles. The van der Waals surface area contributed by atoms with E-state index in [4.69, 9.17) is 33.7 Å². The van der Waals surface area contributed by atoms with Crippen LogP contribution in [0, 0.1) is 0 Å². The predicted octanol–water partition coefficient (Wildman–Crippen LogP) is 4.05. The molecule has 24 heavy (non-hydrogen) atoms. The van der Waals surface area contributed by atoms with Gasteiger partial charge in [0.05, 0.1) is 18.8 Å². The molecule has 2 rings (SSSR count). The Kier molecular flexibility index (Phi) is 9.17. The summed E-state index contributed by atoms with van der Waals surface area (Å²) in [6, 6.07) is 8.92. The number of aliphatic imine (C=N–C) groups is 1. The summed E-state index contributed by atoms with van der Waals surface area (Å²) in [6.45, 7) is 2.81. The standard InChI is InChI=1S/C16H18Cl2N4O.HI/c1-11(14-5-4-12(17)9-15(14)18)22-16(19)21-7-8-23-13-3-2-6-20-10-13;/h2-6,9-11H,7-8H2,1H3,(H3,19,21,22);1H. The third kappa shape index (κ3) is 6.70. The predicted molar refractivity (Wildman–Crippen MR) is 110 cm³/mol. The summed E-state index contributed by atoms with van der Waals surface area (Å²) in [5.41, 5.74) is 6.78. The lowest BCUT2D eigenvalue weighted by atomic mass is 10.1. The maximum Gasteiger partial charge on any atom is 0.189 e. The number of hydrogen-bond acceptors (Lipinski definition) is 3. The Balaban J connectivity index is 0.00000288. The van der Waals surface area contributed by atoms with Crippen molar-refractivity contribution in [3.8, 4) is 5.75 Å². The molecule has 0 fully saturated rings. The lowest BCUT2D eigenvalue weighted by Crippen LogP contribution is -2.34. The van der Waals surface area contributed by atoms with E-state index in [-0.39, 0.29) is 30.0 Å². The molecule has 0 saturated heterocycles. The largest absolute Gasteiger partial charge is 0.490 e. The van der Waals surface area contributed by atoms with Crippen LogP contribution in [0.15, 0.2) is 47.7 Å². The molecule has 1 atom stereocenters. The Bertz CT molecular complexity index is 670. The molecule has 0 radical (unpaired) electrons. The number of nitrogens with zero attached hydrogens (tertiary/aromatic N) is 2. The van der Waals surface area contributed by atoms with Crippen LogP contribution in [0.2, 0.25) is 10.0 Å². The Morgan fingerprint density at radius 2 is 2.17 bits per heavy atom. The van der Waals surface area contributed by atoms with Gasteiger partial charge in [0.1, 0.15) is 12.4 Å². The second-order valence-electron chi connectivity index (χ2n) is 4.84. The van der Waals surface area contributed by atoms with Crippen molar-refractivity contribution in [2.75, 3.05) is 13.2 Å². The summed E-state index contributed by atoms with van der Waals surface area (Å²) in [5, 5.41) is 4.27. The van der Waals surface area contributed by atoms with Crippen LogP contribution < -0.4 is 15.8 Å². The molecular weight excluding hydrogens is 462 g/mol. The van der Waals surface area contributed by atoms with E-state index in [1.165, 1.54) is 0 Å². The molecule has 2 aromatic rings. The first-order chi connectivity index (χ1) is 11.1.